The molecule has 2 N–H and O–H groups in total. The molecule has 6 nitrogen and oxygen atoms in total. The van der Waals surface area contributed by atoms with Crippen LogP contribution in [0.25, 0.3) is 0 Å². The third-order valence-corrected chi connectivity index (χ3v) is 4.90. The molecule has 1 aromatic carbocycles. The molecule has 1 fully saturated rings. The van der Waals surface area contributed by atoms with Gasteiger partial charge in [0.25, 0.3) is 5.91 Å². The number of benzene rings is 1. The Kier molecular flexibility index (Phi) is 4.57. The molecule has 2 aromatic rings. The van der Waals surface area contributed by atoms with Gasteiger partial charge in [0.15, 0.2) is 5.82 Å². The minimum absolute atomic E-state index is 0.0937. The molecule has 3 rings (SSSR count). The number of aromatic nitrogens is 3. The molecule has 1 aliphatic carbocycles. The average molecular weight is 355 g/mol. The van der Waals surface area contributed by atoms with Crippen molar-refractivity contribution in [3.63, 3.8) is 0 Å². The SMILES string of the molecule is Cn1c(CO)nnc1C1CC(NC(=O)c2ccc(Cl)c(Cl)c2)C1. The Morgan fingerprint density at radius 1 is 1.35 bits per heavy atom. The molecule has 0 saturated heterocycles. The van der Waals surface area contributed by atoms with E-state index in [4.69, 9.17) is 28.3 Å². The summed E-state index contributed by atoms with van der Waals surface area (Å²) in [6, 6.07) is 4.91. The number of rotatable bonds is 4. The molecule has 1 amide bonds. The quantitative estimate of drug-likeness (QED) is 0.882. The third kappa shape index (κ3) is 3.20. The fraction of sp³-hybridized carbons (Fsp3) is 0.400. The van der Waals surface area contributed by atoms with Crippen LogP contribution in [0.5, 0.6) is 0 Å². The Morgan fingerprint density at radius 3 is 2.70 bits per heavy atom. The van der Waals surface area contributed by atoms with Gasteiger partial charge in [-0.1, -0.05) is 23.2 Å². The van der Waals surface area contributed by atoms with Gasteiger partial charge in [0.1, 0.15) is 12.4 Å². The molecular weight excluding hydrogens is 339 g/mol. The van der Waals surface area contributed by atoms with Crippen molar-refractivity contribution in [2.45, 2.75) is 31.4 Å². The zero-order chi connectivity index (χ0) is 16.6. The highest BCUT2D eigenvalue weighted by Gasteiger charge is 2.35. The van der Waals surface area contributed by atoms with E-state index in [-0.39, 0.29) is 24.5 Å². The normalized spacial score (nSPS) is 20.2. The average Bonchev–Trinajstić information content (AvgIpc) is 2.85. The Bertz CT molecular complexity index is 741. The molecule has 8 heteroatoms. The Balaban J connectivity index is 1.58. The standard InChI is InChI=1S/C15H16Cl2N4O2/c1-21-13(7-22)19-20-14(21)9-4-10(5-9)18-15(23)8-2-3-11(16)12(17)6-8/h2-3,6,9-10,22H,4-5,7H2,1H3,(H,18,23). The summed E-state index contributed by atoms with van der Waals surface area (Å²) in [6.45, 7) is -0.131. The summed E-state index contributed by atoms with van der Waals surface area (Å²) in [6.07, 6.45) is 1.59. The first-order valence-electron chi connectivity index (χ1n) is 7.24. The third-order valence-electron chi connectivity index (χ3n) is 4.16. The summed E-state index contributed by atoms with van der Waals surface area (Å²) in [4.78, 5) is 12.2. The van der Waals surface area contributed by atoms with E-state index < -0.39 is 0 Å². The summed E-state index contributed by atoms with van der Waals surface area (Å²) >= 11 is 11.8. The Morgan fingerprint density at radius 2 is 2.09 bits per heavy atom. The van der Waals surface area contributed by atoms with Crippen LogP contribution in [0.3, 0.4) is 0 Å². The topological polar surface area (TPSA) is 80.0 Å². The molecule has 0 aliphatic heterocycles. The maximum atomic E-state index is 12.2. The van der Waals surface area contributed by atoms with Crippen LogP contribution in [-0.2, 0) is 13.7 Å². The van der Waals surface area contributed by atoms with Gasteiger partial charge in [-0.05, 0) is 31.0 Å². The van der Waals surface area contributed by atoms with Crippen molar-refractivity contribution in [3.05, 3.63) is 45.5 Å². The van der Waals surface area contributed by atoms with Crippen LogP contribution in [0.15, 0.2) is 18.2 Å². The second kappa shape index (κ2) is 6.47. The molecule has 122 valence electrons. The molecule has 23 heavy (non-hydrogen) atoms. The van der Waals surface area contributed by atoms with Crippen LogP contribution in [0.4, 0.5) is 0 Å². The van der Waals surface area contributed by atoms with E-state index in [1.807, 2.05) is 11.6 Å². The van der Waals surface area contributed by atoms with E-state index >= 15 is 0 Å². The molecule has 0 atom stereocenters. The first-order valence-corrected chi connectivity index (χ1v) is 8.00. The number of hydrogen-bond acceptors (Lipinski definition) is 4. The summed E-state index contributed by atoms with van der Waals surface area (Å²) < 4.78 is 1.81. The molecule has 0 unspecified atom stereocenters. The zero-order valence-corrected chi connectivity index (χ0v) is 14.0. The minimum atomic E-state index is -0.166. The lowest BCUT2D eigenvalue weighted by Gasteiger charge is -2.35. The number of carbonyl (C=O) groups is 1. The maximum Gasteiger partial charge on any atom is 0.251 e. The number of hydrogen-bond donors (Lipinski definition) is 2. The molecule has 1 saturated carbocycles. The summed E-state index contributed by atoms with van der Waals surface area (Å²) in [5, 5.41) is 20.9. The highest BCUT2D eigenvalue weighted by Crippen LogP contribution is 2.36. The molecular formula is C15H16Cl2N4O2. The monoisotopic (exact) mass is 354 g/mol. The fourth-order valence-corrected chi connectivity index (χ4v) is 3.02. The number of nitrogens with one attached hydrogen (secondary N) is 1. The van der Waals surface area contributed by atoms with Gasteiger partial charge in [-0.2, -0.15) is 0 Å². The van der Waals surface area contributed by atoms with Gasteiger partial charge in [0, 0.05) is 24.6 Å². The van der Waals surface area contributed by atoms with Gasteiger partial charge >= 0.3 is 0 Å². The predicted molar refractivity (Wildman–Crippen MR) is 86.6 cm³/mol. The molecule has 0 spiro atoms. The minimum Gasteiger partial charge on any atom is -0.388 e. The number of aliphatic hydroxyl groups is 1. The fourth-order valence-electron chi connectivity index (χ4n) is 2.72. The van der Waals surface area contributed by atoms with E-state index in [9.17, 15) is 4.79 Å². The number of amides is 1. The van der Waals surface area contributed by atoms with Crippen LogP contribution in [0, 0.1) is 0 Å². The van der Waals surface area contributed by atoms with Gasteiger partial charge < -0.3 is 15.0 Å². The van der Waals surface area contributed by atoms with E-state index in [2.05, 4.69) is 15.5 Å². The van der Waals surface area contributed by atoms with Crippen molar-refractivity contribution in [1.29, 1.82) is 0 Å². The van der Waals surface area contributed by atoms with Gasteiger partial charge in [0.2, 0.25) is 0 Å². The van der Waals surface area contributed by atoms with Crippen LogP contribution < -0.4 is 5.32 Å². The number of aliphatic hydroxyl groups excluding tert-OH is 1. The van der Waals surface area contributed by atoms with Gasteiger partial charge in [0.05, 0.1) is 10.0 Å². The first kappa shape index (κ1) is 16.2. The first-order chi connectivity index (χ1) is 11.0. The number of nitrogens with zero attached hydrogens (tertiary/aromatic N) is 3. The zero-order valence-electron chi connectivity index (χ0n) is 12.5. The molecule has 1 heterocycles. The summed E-state index contributed by atoms with van der Waals surface area (Å²) in [7, 11) is 1.84. The van der Waals surface area contributed by atoms with Crippen LogP contribution in [-0.4, -0.2) is 31.8 Å². The highest BCUT2D eigenvalue weighted by atomic mass is 35.5. The van der Waals surface area contributed by atoms with Crippen molar-refractivity contribution in [2.24, 2.45) is 7.05 Å². The van der Waals surface area contributed by atoms with E-state index in [0.29, 0.717) is 21.4 Å². The van der Waals surface area contributed by atoms with Crippen molar-refractivity contribution in [3.8, 4) is 0 Å². The predicted octanol–water partition coefficient (Wildman–Crippen LogP) is 2.29. The smallest absolute Gasteiger partial charge is 0.251 e. The van der Waals surface area contributed by atoms with Crippen LogP contribution in [0.1, 0.15) is 40.8 Å². The Hall–Kier alpha value is -1.63. The second-order valence-corrected chi connectivity index (χ2v) is 6.47. The van der Waals surface area contributed by atoms with E-state index in [1.165, 1.54) is 0 Å². The number of halogens is 2. The van der Waals surface area contributed by atoms with Crippen molar-refractivity contribution >= 4 is 29.1 Å². The van der Waals surface area contributed by atoms with Crippen molar-refractivity contribution < 1.29 is 9.90 Å². The molecule has 0 radical (unpaired) electrons. The van der Waals surface area contributed by atoms with Crippen LogP contribution >= 0.6 is 23.2 Å². The lowest BCUT2D eigenvalue weighted by atomic mass is 9.79. The van der Waals surface area contributed by atoms with Crippen molar-refractivity contribution in [1.82, 2.24) is 20.1 Å². The van der Waals surface area contributed by atoms with Crippen molar-refractivity contribution in [2.75, 3.05) is 0 Å². The van der Waals surface area contributed by atoms with Gasteiger partial charge in [-0.25, -0.2) is 0 Å². The second-order valence-electron chi connectivity index (χ2n) is 5.66. The largest absolute Gasteiger partial charge is 0.388 e. The molecule has 1 aliphatic rings. The maximum absolute atomic E-state index is 12.2. The van der Waals surface area contributed by atoms with E-state index in [0.717, 1.165) is 18.7 Å². The van der Waals surface area contributed by atoms with Crippen LogP contribution in [0.2, 0.25) is 10.0 Å². The lowest BCUT2D eigenvalue weighted by Crippen LogP contribution is -2.44. The van der Waals surface area contributed by atoms with E-state index in [1.54, 1.807) is 18.2 Å². The highest BCUT2D eigenvalue weighted by molar-refractivity contribution is 6.42. The lowest BCUT2D eigenvalue weighted by molar-refractivity contribution is 0.0907. The summed E-state index contributed by atoms with van der Waals surface area (Å²) in [5.41, 5.74) is 0.490. The number of carbonyl (C=O) groups excluding carboxylic acids is 1. The summed E-state index contributed by atoms with van der Waals surface area (Å²) in [5.74, 6) is 1.46. The molecule has 0 bridgehead atoms. The van der Waals surface area contributed by atoms with Gasteiger partial charge in [-0.3, -0.25) is 4.79 Å². The Labute approximate surface area is 143 Å². The molecule has 1 aromatic heterocycles. The van der Waals surface area contributed by atoms with Gasteiger partial charge in [-0.15, -0.1) is 10.2 Å².